The molecule has 0 aliphatic carbocycles. The molecule has 0 aliphatic heterocycles. The number of rotatable bonds is 2. The zero-order valence-corrected chi connectivity index (χ0v) is 12.7. The maximum Gasteiger partial charge on any atom is 0.433 e. The van der Waals surface area contributed by atoms with Crippen LogP contribution in [0.1, 0.15) is 5.69 Å². The standard InChI is InChI=1S/C13H7BrF3N3S/c14-9-3-1-8(2-4-9)10-7-21-12(19-10)20-11(5-6-18-20)13(15,16)17/h1-7H. The zero-order valence-electron chi connectivity index (χ0n) is 10.3. The number of aromatic nitrogens is 3. The minimum absolute atomic E-state index is 0.185. The van der Waals surface area contributed by atoms with Crippen LogP contribution >= 0.6 is 27.3 Å². The number of nitrogens with zero attached hydrogens (tertiary/aromatic N) is 3. The van der Waals surface area contributed by atoms with Crippen molar-refractivity contribution in [2.45, 2.75) is 6.18 Å². The molecule has 0 fully saturated rings. The summed E-state index contributed by atoms with van der Waals surface area (Å²) in [6, 6.07) is 8.32. The average molecular weight is 374 g/mol. The molecule has 0 aliphatic rings. The monoisotopic (exact) mass is 373 g/mol. The quantitative estimate of drug-likeness (QED) is 0.647. The Morgan fingerprint density at radius 1 is 1.10 bits per heavy atom. The van der Waals surface area contributed by atoms with Crippen molar-refractivity contribution in [3.63, 3.8) is 0 Å². The molecule has 1 aromatic carbocycles. The number of alkyl halides is 3. The minimum atomic E-state index is -4.46. The van der Waals surface area contributed by atoms with Crippen molar-refractivity contribution in [3.8, 4) is 16.4 Å². The number of thiazole rings is 1. The van der Waals surface area contributed by atoms with Crippen LogP contribution in [0.3, 0.4) is 0 Å². The van der Waals surface area contributed by atoms with Crippen LogP contribution in [0.2, 0.25) is 0 Å². The van der Waals surface area contributed by atoms with Crippen molar-refractivity contribution >= 4 is 27.3 Å². The fraction of sp³-hybridized carbons (Fsp3) is 0.0769. The molecule has 108 valence electrons. The van der Waals surface area contributed by atoms with E-state index in [1.165, 1.54) is 0 Å². The van der Waals surface area contributed by atoms with Gasteiger partial charge in [0.25, 0.3) is 0 Å². The largest absolute Gasteiger partial charge is 0.433 e. The van der Waals surface area contributed by atoms with Crippen LogP contribution in [0.15, 0.2) is 46.4 Å². The van der Waals surface area contributed by atoms with E-state index in [1.54, 1.807) is 5.38 Å². The number of halogens is 4. The summed E-state index contributed by atoms with van der Waals surface area (Å²) in [5, 5.41) is 5.61. The molecule has 0 radical (unpaired) electrons. The molecular formula is C13H7BrF3N3S. The lowest BCUT2D eigenvalue weighted by Gasteiger charge is -2.07. The first-order valence-electron chi connectivity index (χ1n) is 5.78. The predicted octanol–water partition coefficient (Wildman–Crippen LogP) is 4.78. The molecule has 0 atom stereocenters. The van der Waals surface area contributed by atoms with E-state index in [9.17, 15) is 13.2 Å². The topological polar surface area (TPSA) is 30.7 Å². The third kappa shape index (κ3) is 2.86. The highest BCUT2D eigenvalue weighted by molar-refractivity contribution is 9.10. The highest BCUT2D eigenvalue weighted by atomic mass is 79.9. The fourth-order valence-electron chi connectivity index (χ4n) is 1.79. The number of hydrogen-bond acceptors (Lipinski definition) is 3. The second kappa shape index (κ2) is 5.27. The third-order valence-electron chi connectivity index (χ3n) is 2.75. The molecule has 0 unspecified atom stereocenters. The summed E-state index contributed by atoms with van der Waals surface area (Å²) < 4.78 is 40.3. The lowest BCUT2D eigenvalue weighted by molar-refractivity contribution is -0.142. The van der Waals surface area contributed by atoms with Crippen LogP contribution in [0.25, 0.3) is 16.4 Å². The first-order valence-corrected chi connectivity index (χ1v) is 7.45. The van der Waals surface area contributed by atoms with Gasteiger partial charge in [-0.25, -0.2) is 9.67 Å². The number of benzene rings is 1. The Labute approximate surface area is 130 Å². The summed E-state index contributed by atoms with van der Waals surface area (Å²) in [6.07, 6.45) is -3.34. The number of hydrogen-bond donors (Lipinski definition) is 0. The Kier molecular flexibility index (Phi) is 3.58. The first kappa shape index (κ1) is 14.3. The normalized spacial score (nSPS) is 11.8. The van der Waals surface area contributed by atoms with Crippen molar-refractivity contribution in [2.24, 2.45) is 0 Å². The molecule has 0 N–H and O–H groups in total. The van der Waals surface area contributed by atoms with Crippen LogP contribution < -0.4 is 0 Å². The third-order valence-corrected chi connectivity index (χ3v) is 4.09. The maximum absolute atomic E-state index is 12.9. The van der Waals surface area contributed by atoms with E-state index in [1.807, 2.05) is 24.3 Å². The molecule has 21 heavy (non-hydrogen) atoms. The van der Waals surface area contributed by atoms with Crippen molar-refractivity contribution in [1.82, 2.24) is 14.8 Å². The molecule has 0 spiro atoms. The van der Waals surface area contributed by atoms with E-state index in [0.717, 1.165) is 38.3 Å². The van der Waals surface area contributed by atoms with Gasteiger partial charge in [-0.15, -0.1) is 11.3 Å². The smallest absolute Gasteiger partial charge is 0.218 e. The van der Waals surface area contributed by atoms with Gasteiger partial charge in [0.1, 0.15) is 0 Å². The zero-order chi connectivity index (χ0) is 15.0. The summed E-state index contributed by atoms with van der Waals surface area (Å²) in [5.74, 6) is 0. The molecule has 3 nitrogen and oxygen atoms in total. The van der Waals surface area contributed by atoms with Crippen molar-refractivity contribution in [1.29, 1.82) is 0 Å². The summed E-state index contributed by atoms with van der Waals surface area (Å²) in [6.45, 7) is 0. The van der Waals surface area contributed by atoms with E-state index in [4.69, 9.17) is 0 Å². The molecule has 3 aromatic rings. The van der Waals surface area contributed by atoms with Gasteiger partial charge >= 0.3 is 6.18 Å². The van der Waals surface area contributed by atoms with Gasteiger partial charge in [-0.3, -0.25) is 0 Å². The van der Waals surface area contributed by atoms with Crippen LogP contribution in [-0.4, -0.2) is 14.8 Å². The summed E-state index contributed by atoms with van der Waals surface area (Å²) in [4.78, 5) is 4.23. The average Bonchev–Trinajstić information content (AvgIpc) is 3.07. The molecule has 0 bridgehead atoms. The molecule has 2 aromatic heterocycles. The maximum atomic E-state index is 12.9. The Morgan fingerprint density at radius 2 is 1.81 bits per heavy atom. The Balaban J connectivity index is 1.99. The molecule has 0 saturated heterocycles. The van der Waals surface area contributed by atoms with E-state index in [2.05, 4.69) is 26.0 Å². The van der Waals surface area contributed by atoms with Gasteiger partial charge in [0.05, 0.1) is 11.9 Å². The van der Waals surface area contributed by atoms with Gasteiger partial charge in [-0.1, -0.05) is 28.1 Å². The Hall–Kier alpha value is -1.67. The van der Waals surface area contributed by atoms with Gasteiger partial charge in [0.2, 0.25) is 5.13 Å². The highest BCUT2D eigenvalue weighted by Crippen LogP contribution is 2.32. The molecule has 3 rings (SSSR count). The molecule has 8 heteroatoms. The van der Waals surface area contributed by atoms with Crippen molar-refractivity contribution in [2.75, 3.05) is 0 Å². The van der Waals surface area contributed by atoms with Crippen LogP contribution in [0, 0.1) is 0 Å². The second-order valence-corrected chi connectivity index (χ2v) is 5.90. The van der Waals surface area contributed by atoms with Gasteiger partial charge in [-0.05, 0) is 18.2 Å². The van der Waals surface area contributed by atoms with Gasteiger partial charge in [-0.2, -0.15) is 18.3 Å². The molecule has 0 saturated carbocycles. The minimum Gasteiger partial charge on any atom is -0.218 e. The SMILES string of the molecule is FC(F)(F)c1ccnn1-c1nc(-c2ccc(Br)cc2)cs1. The van der Waals surface area contributed by atoms with Crippen LogP contribution in [-0.2, 0) is 6.18 Å². The fourth-order valence-corrected chi connectivity index (χ4v) is 2.85. The Morgan fingerprint density at radius 3 is 2.48 bits per heavy atom. The second-order valence-electron chi connectivity index (χ2n) is 4.15. The molecular weight excluding hydrogens is 367 g/mol. The molecule has 2 heterocycles. The van der Waals surface area contributed by atoms with E-state index in [0.29, 0.717) is 5.69 Å². The van der Waals surface area contributed by atoms with Crippen LogP contribution in [0.5, 0.6) is 0 Å². The summed E-state index contributed by atoms with van der Waals surface area (Å²) >= 11 is 4.44. The van der Waals surface area contributed by atoms with E-state index < -0.39 is 11.9 Å². The van der Waals surface area contributed by atoms with Gasteiger partial charge in [0.15, 0.2) is 5.69 Å². The summed E-state index contributed by atoms with van der Waals surface area (Å²) in [5.41, 5.74) is 0.617. The predicted molar refractivity (Wildman–Crippen MR) is 77.4 cm³/mol. The summed E-state index contributed by atoms with van der Waals surface area (Å²) in [7, 11) is 0. The molecule has 0 amide bonds. The van der Waals surface area contributed by atoms with E-state index in [-0.39, 0.29) is 5.13 Å². The lowest BCUT2D eigenvalue weighted by Crippen LogP contribution is -2.12. The van der Waals surface area contributed by atoms with E-state index >= 15 is 0 Å². The Bertz CT molecular complexity index is 762. The van der Waals surface area contributed by atoms with Gasteiger partial charge < -0.3 is 0 Å². The first-order chi connectivity index (χ1) is 9.95. The van der Waals surface area contributed by atoms with Crippen LogP contribution in [0.4, 0.5) is 13.2 Å². The van der Waals surface area contributed by atoms with Crippen molar-refractivity contribution in [3.05, 3.63) is 52.1 Å². The van der Waals surface area contributed by atoms with Gasteiger partial charge in [0, 0.05) is 15.4 Å². The highest BCUT2D eigenvalue weighted by Gasteiger charge is 2.35. The lowest BCUT2D eigenvalue weighted by atomic mass is 10.2. The van der Waals surface area contributed by atoms with Crippen molar-refractivity contribution < 1.29 is 13.2 Å².